The molecule has 0 unspecified atom stereocenters. The summed E-state index contributed by atoms with van der Waals surface area (Å²) >= 11 is 0. The highest BCUT2D eigenvalue weighted by molar-refractivity contribution is 5.90. The second-order valence-electron chi connectivity index (χ2n) is 8.16. The zero-order chi connectivity index (χ0) is 21.3. The van der Waals surface area contributed by atoms with Crippen molar-refractivity contribution in [1.29, 1.82) is 0 Å². The second-order valence-corrected chi connectivity index (χ2v) is 8.16. The molecule has 0 spiro atoms. The third-order valence-corrected chi connectivity index (χ3v) is 5.86. The number of hydrogen-bond donors (Lipinski definition) is 2. The number of anilines is 4. The maximum atomic E-state index is 12.3. The number of carbonyl (C=O) groups is 1. The van der Waals surface area contributed by atoms with E-state index in [1.807, 2.05) is 37.3 Å². The first kappa shape index (κ1) is 22.1. The quantitative estimate of drug-likeness (QED) is 0.558. The van der Waals surface area contributed by atoms with Gasteiger partial charge in [0.15, 0.2) is 0 Å². The summed E-state index contributed by atoms with van der Waals surface area (Å²) in [5, 5.41) is 6.29. The number of rotatable bonds is 9. The van der Waals surface area contributed by atoms with Crippen LogP contribution in [0.1, 0.15) is 64.5 Å². The van der Waals surface area contributed by atoms with Crippen LogP contribution in [0.15, 0.2) is 30.3 Å². The molecule has 30 heavy (non-hydrogen) atoms. The van der Waals surface area contributed by atoms with Crippen molar-refractivity contribution in [2.45, 2.75) is 65.7 Å². The molecule has 1 amide bonds. The summed E-state index contributed by atoms with van der Waals surface area (Å²) in [6.45, 7) is 8.03. The Labute approximate surface area is 180 Å². The van der Waals surface area contributed by atoms with Gasteiger partial charge in [-0.2, -0.15) is 4.98 Å². The lowest BCUT2D eigenvalue weighted by molar-refractivity contribution is -0.116. The van der Waals surface area contributed by atoms with Gasteiger partial charge in [-0.1, -0.05) is 32.1 Å². The topological polar surface area (TPSA) is 70.2 Å². The molecule has 1 aromatic heterocycles. The average Bonchev–Trinajstić information content (AvgIpc) is 2.75. The molecule has 2 N–H and O–H groups in total. The largest absolute Gasteiger partial charge is 0.357 e. The first-order valence-electron chi connectivity index (χ1n) is 11.3. The highest BCUT2D eigenvalue weighted by Crippen LogP contribution is 2.27. The molecule has 3 rings (SSSR count). The Bertz CT molecular complexity index is 811. The molecular weight excluding hydrogens is 374 g/mol. The predicted molar refractivity (Wildman–Crippen MR) is 124 cm³/mol. The van der Waals surface area contributed by atoms with Gasteiger partial charge in [-0.25, -0.2) is 4.98 Å². The van der Waals surface area contributed by atoms with E-state index in [0.717, 1.165) is 48.3 Å². The first-order chi connectivity index (χ1) is 14.6. The molecule has 1 aromatic carbocycles. The molecule has 2 aromatic rings. The van der Waals surface area contributed by atoms with Crippen LogP contribution >= 0.6 is 0 Å². The lowest BCUT2D eigenvalue weighted by atomic mass is 9.86. The van der Waals surface area contributed by atoms with Gasteiger partial charge in [-0.15, -0.1) is 0 Å². The van der Waals surface area contributed by atoms with E-state index in [-0.39, 0.29) is 5.91 Å². The highest BCUT2D eigenvalue weighted by Gasteiger charge is 2.15. The molecule has 0 aliphatic heterocycles. The van der Waals surface area contributed by atoms with Gasteiger partial charge in [0, 0.05) is 42.6 Å². The van der Waals surface area contributed by atoms with Gasteiger partial charge in [0.1, 0.15) is 5.82 Å². The van der Waals surface area contributed by atoms with E-state index >= 15 is 0 Å². The Morgan fingerprint density at radius 3 is 2.37 bits per heavy atom. The number of aryl methyl sites for hydroxylation is 1. The summed E-state index contributed by atoms with van der Waals surface area (Å²) in [7, 11) is 0. The SMILES string of the molecule is CCN(CC)c1cc(C)nc(Nc2ccc(NC(=O)CCC3CCCCC3)cc2)n1. The van der Waals surface area contributed by atoms with Crippen LogP contribution in [0.25, 0.3) is 0 Å². The molecule has 1 aliphatic carbocycles. The number of benzene rings is 1. The van der Waals surface area contributed by atoms with E-state index in [1.54, 1.807) is 0 Å². The van der Waals surface area contributed by atoms with Crippen molar-refractivity contribution in [1.82, 2.24) is 9.97 Å². The maximum Gasteiger partial charge on any atom is 0.229 e. The number of amides is 1. The van der Waals surface area contributed by atoms with Crippen LogP contribution in [-0.2, 0) is 4.79 Å². The average molecular weight is 410 g/mol. The lowest BCUT2D eigenvalue weighted by Gasteiger charge is -2.21. The van der Waals surface area contributed by atoms with Crippen molar-refractivity contribution in [2.24, 2.45) is 5.92 Å². The fourth-order valence-corrected chi connectivity index (χ4v) is 4.12. The van der Waals surface area contributed by atoms with Crippen molar-refractivity contribution in [3.63, 3.8) is 0 Å². The molecule has 1 saturated carbocycles. The van der Waals surface area contributed by atoms with Crippen molar-refractivity contribution in [3.05, 3.63) is 36.0 Å². The normalized spacial score (nSPS) is 14.4. The molecule has 6 nitrogen and oxygen atoms in total. The van der Waals surface area contributed by atoms with E-state index in [0.29, 0.717) is 12.4 Å². The minimum absolute atomic E-state index is 0.104. The molecule has 1 aliphatic rings. The third kappa shape index (κ3) is 6.44. The van der Waals surface area contributed by atoms with Crippen LogP contribution in [0, 0.1) is 12.8 Å². The Hall–Kier alpha value is -2.63. The smallest absolute Gasteiger partial charge is 0.229 e. The van der Waals surface area contributed by atoms with Gasteiger partial charge in [0.05, 0.1) is 0 Å². The van der Waals surface area contributed by atoms with Gasteiger partial charge < -0.3 is 15.5 Å². The van der Waals surface area contributed by atoms with Crippen molar-refractivity contribution >= 4 is 29.0 Å². The van der Waals surface area contributed by atoms with Gasteiger partial charge in [-0.3, -0.25) is 4.79 Å². The summed E-state index contributed by atoms with van der Waals surface area (Å²) < 4.78 is 0. The number of aromatic nitrogens is 2. The van der Waals surface area contributed by atoms with Crippen LogP contribution in [0.2, 0.25) is 0 Å². The van der Waals surface area contributed by atoms with Gasteiger partial charge in [-0.05, 0) is 57.4 Å². The molecule has 1 heterocycles. The van der Waals surface area contributed by atoms with Crippen LogP contribution < -0.4 is 15.5 Å². The van der Waals surface area contributed by atoms with E-state index in [4.69, 9.17) is 0 Å². The summed E-state index contributed by atoms with van der Waals surface area (Å²) in [6.07, 6.45) is 8.17. The summed E-state index contributed by atoms with van der Waals surface area (Å²) in [5.41, 5.74) is 2.64. The van der Waals surface area contributed by atoms with Crippen molar-refractivity contribution in [2.75, 3.05) is 28.6 Å². The van der Waals surface area contributed by atoms with Crippen LogP contribution in [0.3, 0.4) is 0 Å². The summed E-state index contributed by atoms with van der Waals surface area (Å²) in [6, 6.07) is 9.73. The number of hydrogen-bond acceptors (Lipinski definition) is 5. The van der Waals surface area contributed by atoms with Gasteiger partial charge >= 0.3 is 0 Å². The van der Waals surface area contributed by atoms with E-state index in [1.165, 1.54) is 32.1 Å². The molecule has 1 fully saturated rings. The molecule has 0 radical (unpaired) electrons. The molecule has 0 bridgehead atoms. The van der Waals surface area contributed by atoms with Crippen LogP contribution in [0.4, 0.5) is 23.1 Å². The Morgan fingerprint density at radius 1 is 1.03 bits per heavy atom. The number of nitrogens with one attached hydrogen (secondary N) is 2. The number of carbonyl (C=O) groups excluding carboxylic acids is 1. The van der Waals surface area contributed by atoms with E-state index in [2.05, 4.69) is 39.3 Å². The zero-order valence-electron chi connectivity index (χ0n) is 18.6. The minimum Gasteiger partial charge on any atom is -0.357 e. The predicted octanol–water partition coefficient (Wildman–Crippen LogP) is 5.67. The van der Waals surface area contributed by atoms with Crippen LogP contribution in [0.5, 0.6) is 0 Å². The van der Waals surface area contributed by atoms with Crippen molar-refractivity contribution < 1.29 is 4.79 Å². The third-order valence-electron chi connectivity index (χ3n) is 5.86. The summed E-state index contributed by atoms with van der Waals surface area (Å²) in [5.74, 6) is 2.34. The van der Waals surface area contributed by atoms with Crippen molar-refractivity contribution in [3.8, 4) is 0 Å². The molecular formula is C24H35N5O. The number of nitrogens with zero attached hydrogens (tertiary/aromatic N) is 3. The Balaban J connectivity index is 1.54. The first-order valence-corrected chi connectivity index (χ1v) is 11.3. The molecule has 162 valence electrons. The monoisotopic (exact) mass is 409 g/mol. The van der Waals surface area contributed by atoms with E-state index in [9.17, 15) is 4.79 Å². The summed E-state index contributed by atoms with van der Waals surface area (Å²) in [4.78, 5) is 23.6. The zero-order valence-corrected chi connectivity index (χ0v) is 18.6. The molecule has 0 saturated heterocycles. The fourth-order valence-electron chi connectivity index (χ4n) is 4.12. The Morgan fingerprint density at radius 2 is 1.70 bits per heavy atom. The molecule has 0 atom stereocenters. The minimum atomic E-state index is 0.104. The standard InChI is InChI=1S/C24H35N5O/c1-4-29(5-2)22-17-18(3)25-24(28-22)27-21-14-12-20(13-15-21)26-23(30)16-11-19-9-7-6-8-10-19/h12-15,17,19H,4-11,16H2,1-3H3,(H,26,30)(H,25,27,28). The van der Waals surface area contributed by atoms with Gasteiger partial charge in [0.25, 0.3) is 0 Å². The molecule has 6 heteroatoms. The highest BCUT2D eigenvalue weighted by atomic mass is 16.1. The van der Waals surface area contributed by atoms with E-state index < -0.39 is 0 Å². The maximum absolute atomic E-state index is 12.3. The van der Waals surface area contributed by atoms with Gasteiger partial charge in [0.2, 0.25) is 11.9 Å². The van der Waals surface area contributed by atoms with Crippen LogP contribution in [-0.4, -0.2) is 29.0 Å². The Kier molecular flexibility index (Phi) is 8.05. The lowest BCUT2D eigenvalue weighted by Crippen LogP contribution is -2.23. The second kappa shape index (κ2) is 11.0. The fraction of sp³-hybridized carbons (Fsp3) is 0.542.